The van der Waals surface area contributed by atoms with Crippen molar-refractivity contribution in [3.8, 4) is 0 Å². The van der Waals surface area contributed by atoms with Crippen LogP contribution < -0.4 is 5.32 Å². The van der Waals surface area contributed by atoms with Crippen molar-refractivity contribution in [2.24, 2.45) is 5.41 Å². The van der Waals surface area contributed by atoms with Crippen LogP contribution in [0.4, 0.5) is 0 Å². The third-order valence-corrected chi connectivity index (χ3v) is 3.23. The van der Waals surface area contributed by atoms with Crippen LogP contribution in [0.2, 0.25) is 0 Å². The molecule has 1 atom stereocenters. The molecule has 1 saturated carbocycles. The first-order valence-electron chi connectivity index (χ1n) is 5.88. The molecule has 0 radical (unpaired) electrons. The fourth-order valence-electron chi connectivity index (χ4n) is 1.98. The number of hydrogen-bond donors (Lipinski definition) is 2. The summed E-state index contributed by atoms with van der Waals surface area (Å²) >= 11 is 0. The second kappa shape index (κ2) is 3.97. The Kier molecular flexibility index (Phi) is 2.83. The molecule has 3 nitrogen and oxygen atoms in total. The maximum Gasteiger partial charge on any atom is 0.109 e. The van der Waals surface area contributed by atoms with Gasteiger partial charge in [0.25, 0.3) is 0 Å². The minimum Gasteiger partial charge on any atom is -0.345 e. The van der Waals surface area contributed by atoms with Crippen LogP contribution in [0.25, 0.3) is 0 Å². The van der Waals surface area contributed by atoms with Gasteiger partial charge in [0.15, 0.2) is 0 Å². The minimum atomic E-state index is 0.464. The lowest BCUT2D eigenvalue weighted by Crippen LogP contribution is -2.13. The van der Waals surface area contributed by atoms with Gasteiger partial charge in [0, 0.05) is 24.4 Å². The quantitative estimate of drug-likeness (QED) is 0.728. The van der Waals surface area contributed by atoms with Crippen molar-refractivity contribution in [3.05, 3.63) is 17.7 Å². The Hall–Kier alpha value is -0.830. The highest BCUT2D eigenvalue weighted by atomic mass is 15.0. The molecule has 2 N–H and O–H groups in total. The largest absolute Gasteiger partial charge is 0.345 e. The van der Waals surface area contributed by atoms with Gasteiger partial charge < -0.3 is 10.3 Å². The highest BCUT2D eigenvalue weighted by molar-refractivity contribution is 5.17. The molecule has 0 amide bonds. The van der Waals surface area contributed by atoms with E-state index in [2.05, 4.69) is 36.1 Å². The summed E-state index contributed by atoms with van der Waals surface area (Å²) in [5.74, 6) is 1.82. The maximum absolute atomic E-state index is 4.46. The standard InChI is InChI=1S/C12H21N3/c1-4-5-13-7-9-8-14-11(15-9)10-6-12(10,2)3/h8,10,13H,4-7H2,1-3H3,(H,14,15). The number of hydrogen-bond acceptors (Lipinski definition) is 2. The van der Waals surface area contributed by atoms with E-state index in [0.29, 0.717) is 11.3 Å². The number of aromatic amines is 1. The molecule has 1 aliphatic rings. The zero-order chi connectivity index (χ0) is 10.9. The first kappa shape index (κ1) is 10.7. The van der Waals surface area contributed by atoms with Crippen LogP contribution in [0.5, 0.6) is 0 Å². The molecular weight excluding hydrogens is 186 g/mol. The SMILES string of the molecule is CCCNCc1cnc(C2CC2(C)C)[nH]1. The first-order chi connectivity index (χ1) is 7.13. The van der Waals surface area contributed by atoms with E-state index in [4.69, 9.17) is 0 Å². The number of nitrogens with one attached hydrogen (secondary N) is 2. The molecule has 1 aromatic heterocycles. The van der Waals surface area contributed by atoms with Gasteiger partial charge in [0.1, 0.15) is 5.82 Å². The maximum atomic E-state index is 4.46. The summed E-state index contributed by atoms with van der Waals surface area (Å²) in [7, 11) is 0. The smallest absolute Gasteiger partial charge is 0.109 e. The van der Waals surface area contributed by atoms with Crippen LogP contribution in [-0.4, -0.2) is 16.5 Å². The zero-order valence-corrected chi connectivity index (χ0v) is 9.93. The van der Waals surface area contributed by atoms with Crippen LogP contribution in [0.15, 0.2) is 6.20 Å². The molecule has 2 rings (SSSR count). The minimum absolute atomic E-state index is 0.464. The fraction of sp³-hybridized carbons (Fsp3) is 0.750. The number of imidazole rings is 1. The first-order valence-corrected chi connectivity index (χ1v) is 5.88. The van der Waals surface area contributed by atoms with E-state index in [-0.39, 0.29) is 0 Å². The van der Waals surface area contributed by atoms with Crippen molar-refractivity contribution < 1.29 is 0 Å². The third-order valence-electron chi connectivity index (χ3n) is 3.23. The highest BCUT2D eigenvalue weighted by Crippen LogP contribution is 2.57. The molecular formula is C12H21N3. The molecule has 1 unspecified atom stereocenters. The van der Waals surface area contributed by atoms with Gasteiger partial charge in [-0.15, -0.1) is 0 Å². The van der Waals surface area contributed by atoms with Crippen molar-refractivity contribution in [2.45, 2.75) is 46.1 Å². The number of aromatic nitrogens is 2. The van der Waals surface area contributed by atoms with E-state index in [1.807, 2.05) is 6.20 Å². The summed E-state index contributed by atoms with van der Waals surface area (Å²) < 4.78 is 0. The summed E-state index contributed by atoms with van der Waals surface area (Å²) in [5, 5.41) is 3.37. The van der Waals surface area contributed by atoms with Gasteiger partial charge in [-0.25, -0.2) is 4.98 Å². The van der Waals surface area contributed by atoms with Crippen molar-refractivity contribution >= 4 is 0 Å². The fourth-order valence-corrected chi connectivity index (χ4v) is 1.98. The molecule has 1 aromatic rings. The zero-order valence-electron chi connectivity index (χ0n) is 9.93. The van der Waals surface area contributed by atoms with E-state index in [0.717, 1.165) is 13.1 Å². The lowest BCUT2D eigenvalue weighted by Gasteiger charge is -2.00. The predicted octanol–water partition coefficient (Wildman–Crippen LogP) is 2.42. The van der Waals surface area contributed by atoms with E-state index < -0.39 is 0 Å². The Morgan fingerprint density at radius 2 is 2.33 bits per heavy atom. The molecule has 15 heavy (non-hydrogen) atoms. The molecule has 0 bridgehead atoms. The number of rotatable bonds is 5. The lowest BCUT2D eigenvalue weighted by molar-refractivity contribution is 0.609. The van der Waals surface area contributed by atoms with Crippen molar-refractivity contribution in [2.75, 3.05) is 6.54 Å². The molecule has 1 aliphatic carbocycles. The summed E-state index contributed by atoms with van der Waals surface area (Å²) in [6, 6.07) is 0. The van der Waals surface area contributed by atoms with E-state index in [1.165, 1.54) is 24.4 Å². The van der Waals surface area contributed by atoms with Gasteiger partial charge in [-0.2, -0.15) is 0 Å². The molecule has 0 aromatic carbocycles. The van der Waals surface area contributed by atoms with Crippen LogP contribution in [0.1, 0.15) is 51.0 Å². The van der Waals surface area contributed by atoms with Crippen LogP contribution in [0.3, 0.4) is 0 Å². The molecule has 1 fully saturated rings. The van der Waals surface area contributed by atoms with E-state index in [9.17, 15) is 0 Å². The summed E-state index contributed by atoms with van der Waals surface area (Å²) in [6.07, 6.45) is 4.41. The van der Waals surface area contributed by atoms with E-state index >= 15 is 0 Å². The average Bonchev–Trinajstić information content (AvgIpc) is 2.64. The van der Waals surface area contributed by atoms with Crippen LogP contribution in [0, 0.1) is 5.41 Å². The topological polar surface area (TPSA) is 40.7 Å². The Labute approximate surface area is 91.7 Å². The molecule has 0 aliphatic heterocycles. The molecule has 1 heterocycles. The molecule has 84 valence electrons. The van der Waals surface area contributed by atoms with Gasteiger partial charge in [-0.1, -0.05) is 20.8 Å². The Morgan fingerprint density at radius 1 is 1.60 bits per heavy atom. The molecule has 0 saturated heterocycles. The Bertz CT molecular complexity index is 327. The van der Waals surface area contributed by atoms with Gasteiger partial charge >= 0.3 is 0 Å². The third kappa shape index (κ3) is 2.40. The number of nitrogens with zero attached hydrogens (tertiary/aromatic N) is 1. The van der Waals surface area contributed by atoms with Gasteiger partial charge in [0.05, 0.1) is 0 Å². The predicted molar refractivity (Wildman–Crippen MR) is 61.7 cm³/mol. The summed E-state index contributed by atoms with van der Waals surface area (Å²) in [5.41, 5.74) is 1.67. The molecule has 3 heteroatoms. The van der Waals surface area contributed by atoms with Gasteiger partial charge in [-0.3, -0.25) is 0 Å². The van der Waals surface area contributed by atoms with Crippen molar-refractivity contribution in [3.63, 3.8) is 0 Å². The summed E-state index contributed by atoms with van der Waals surface area (Å²) in [6.45, 7) is 8.76. The second-order valence-corrected chi connectivity index (χ2v) is 5.22. The van der Waals surface area contributed by atoms with Crippen molar-refractivity contribution in [1.82, 2.24) is 15.3 Å². The number of H-pyrrole nitrogens is 1. The van der Waals surface area contributed by atoms with Crippen LogP contribution in [-0.2, 0) is 6.54 Å². The molecule has 0 spiro atoms. The average molecular weight is 207 g/mol. The van der Waals surface area contributed by atoms with Gasteiger partial charge in [0.2, 0.25) is 0 Å². The lowest BCUT2D eigenvalue weighted by atomic mass is 10.1. The Balaban J connectivity index is 1.88. The van der Waals surface area contributed by atoms with Gasteiger partial charge in [-0.05, 0) is 24.8 Å². The summed E-state index contributed by atoms with van der Waals surface area (Å²) in [4.78, 5) is 7.87. The Morgan fingerprint density at radius 3 is 2.93 bits per heavy atom. The second-order valence-electron chi connectivity index (χ2n) is 5.22. The van der Waals surface area contributed by atoms with Crippen molar-refractivity contribution in [1.29, 1.82) is 0 Å². The normalized spacial score (nSPS) is 23.0. The monoisotopic (exact) mass is 207 g/mol. The van der Waals surface area contributed by atoms with E-state index in [1.54, 1.807) is 0 Å². The van der Waals surface area contributed by atoms with Crippen LogP contribution >= 0.6 is 0 Å². The highest BCUT2D eigenvalue weighted by Gasteiger charge is 2.48.